The van der Waals surface area contributed by atoms with Crippen LogP contribution in [0.2, 0.25) is 0 Å². The first-order chi connectivity index (χ1) is 6.76. The largest absolute Gasteiger partial charge is 0.487 e. The number of thiophene rings is 1. The van der Waals surface area contributed by atoms with Crippen molar-refractivity contribution in [2.75, 3.05) is 7.11 Å². The Kier molecular flexibility index (Phi) is 2.70. The highest BCUT2D eigenvalue weighted by Crippen LogP contribution is 2.36. The minimum Gasteiger partial charge on any atom is -0.487 e. The van der Waals surface area contributed by atoms with Crippen LogP contribution in [-0.4, -0.2) is 7.11 Å². The normalized spacial score (nSPS) is 10.8. The van der Waals surface area contributed by atoms with Crippen molar-refractivity contribution in [2.45, 2.75) is 18.2 Å². The van der Waals surface area contributed by atoms with Crippen LogP contribution in [0.1, 0.15) is 12.5 Å². The van der Waals surface area contributed by atoms with Gasteiger partial charge in [0.05, 0.1) is 7.11 Å². The van der Waals surface area contributed by atoms with Crippen molar-refractivity contribution in [3.05, 3.63) is 23.8 Å². The van der Waals surface area contributed by atoms with Crippen LogP contribution in [0.15, 0.2) is 23.1 Å². The van der Waals surface area contributed by atoms with E-state index in [2.05, 4.69) is 37.8 Å². The van der Waals surface area contributed by atoms with Gasteiger partial charge in [-0.3, -0.25) is 0 Å². The molecule has 0 saturated heterocycles. The van der Waals surface area contributed by atoms with Crippen LogP contribution in [-0.2, 0) is 6.42 Å². The second-order valence-corrected chi connectivity index (χ2v) is 4.60. The fourth-order valence-electron chi connectivity index (χ4n) is 1.50. The summed E-state index contributed by atoms with van der Waals surface area (Å²) in [4.78, 5) is 1.09. The van der Waals surface area contributed by atoms with Crippen molar-refractivity contribution < 1.29 is 4.74 Å². The maximum atomic E-state index is 5.21. The molecule has 1 aromatic carbocycles. The zero-order valence-electron chi connectivity index (χ0n) is 8.20. The maximum Gasteiger partial charge on any atom is 0.174 e. The molecule has 3 heteroatoms. The van der Waals surface area contributed by atoms with Gasteiger partial charge in [0.25, 0.3) is 0 Å². The molecule has 0 amide bonds. The summed E-state index contributed by atoms with van der Waals surface area (Å²) in [6.07, 6.45) is 1.02. The number of hydrogen-bond donors (Lipinski definition) is 1. The maximum absolute atomic E-state index is 5.21. The van der Waals surface area contributed by atoms with Crippen LogP contribution in [0.3, 0.4) is 0 Å². The third-order valence-electron chi connectivity index (χ3n) is 2.32. The Bertz CT molecular complexity index is 460. The van der Waals surface area contributed by atoms with E-state index in [4.69, 9.17) is 4.74 Å². The quantitative estimate of drug-likeness (QED) is 0.764. The number of ether oxygens (including phenoxy) is 1. The fourth-order valence-corrected chi connectivity index (χ4v) is 2.88. The highest BCUT2D eigenvalue weighted by molar-refractivity contribution is 7.80. The molecule has 1 aromatic heterocycles. The number of benzene rings is 1. The highest BCUT2D eigenvalue weighted by Gasteiger charge is 2.07. The van der Waals surface area contributed by atoms with E-state index in [-0.39, 0.29) is 0 Å². The summed E-state index contributed by atoms with van der Waals surface area (Å²) in [5.41, 5.74) is 1.29. The molecule has 0 aliphatic heterocycles. The van der Waals surface area contributed by atoms with Crippen LogP contribution in [0.25, 0.3) is 10.1 Å². The molecular formula is C11H12OS2. The van der Waals surface area contributed by atoms with Crippen LogP contribution < -0.4 is 4.74 Å². The fraction of sp³-hybridized carbons (Fsp3) is 0.273. The molecule has 0 unspecified atom stereocenters. The molecule has 0 spiro atoms. The van der Waals surface area contributed by atoms with Gasteiger partial charge in [-0.15, -0.1) is 12.6 Å². The van der Waals surface area contributed by atoms with Crippen LogP contribution in [0, 0.1) is 0 Å². The molecule has 1 nitrogen and oxygen atoms in total. The Morgan fingerprint density at radius 1 is 1.43 bits per heavy atom. The lowest BCUT2D eigenvalue weighted by Gasteiger charge is -2.01. The summed E-state index contributed by atoms with van der Waals surface area (Å²) in [6, 6.07) is 6.34. The van der Waals surface area contributed by atoms with Gasteiger partial charge in [-0.1, -0.05) is 24.3 Å². The van der Waals surface area contributed by atoms with E-state index >= 15 is 0 Å². The molecule has 0 aliphatic rings. The molecule has 2 rings (SSSR count). The van der Waals surface area contributed by atoms with E-state index in [1.807, 2.05) is 0 Å². The molecule has 0 bridgehead atoms. The minimum atomic E-state index is 0.948. The van der Waals surface area contributed by atoms with Crippen LogP contribution >= 0.6 is 24.0 Å². The third-order valence-corrected chi connectivity index (χ3v) is 3.91. The van der Waals surface area contributed by atoms with Gasteiger partial charge in [0.1, 0.15) is 0 Å². The van der Waals surface area contributed by atoms with Gasteiger partial charge in [-0.2, -0.15) is 0 Å². The summed E-state index contributed by atoms with van der Waals surface area (Å²) >= 11 is 6.21. The molecule has 2 aromatic rings. The molecule has 0 aliphatic carbocycles. The van der Waals surface area contributed by atoms with Gasteiger partial charge in [0, 0.05) is 21.0 Å². The van der Waals surface area contributed by atoms with Gasteiger partial charge in [0.15, 0.2) is 5.06 Å². The summed E-state index contributed by atoms with van der Waals surface area (Å²) in [6.45, 7) is 2.14. The topological polar surface area (TPSA) is 9.23 Å². The lowest BCUT2D eigenvalue weighted by molar-refractivity contribution is 0.427. The Morgan fingerprint density at radius 2 is 2.21 bits per heavy atom. The first-order valence-corrected chi connectivity index (χ1v) is 5.81. The van der Waals surface area contributed by atoms with Crippen molar-refractivity contribution >= 4 is 34.1 Å². The first kappa shape index (κ1) is 9.87. The van der Waals surface area contributed by atoms with Crippen molar-refractivity contribution in [2.24, 2.45) is 0 Å². The standard InChI is InChI=1S/C11H12OS2/c1-3-7-4-5-9-8(11(7)13)6-10(12-2)14-9/h4-6,13H,3H2,1-2H3. The second-order valence-electron chi connectivity index (χ2n) is 3.11. The average molecular weight is 224 g/mol. The number of hydrogen-bond acceptors (Lipinski definition) is 3. The van der Waals surface area contributed by atoms with Crippen molar-refractivity contribution in [3.63, 3.8) is 0 Å². The molecule has 14 heavy (non-hydrogen) atoms. The van der Waals surface area contributed by atoms with Crippen molar-refractivity contribution in [1.29, 1.82) is 0 Å². The predicted molar refractivity (Wildman–Crippen MR) is 65.0 cm³/mol. The van der Waals surface area contributed by atoms with Crippen molar-refractivity contribution in [1.82, 2.24) is 0 Å². The Labute approximate surface area is 93.1 Å². The Hall–Kier alpha value is -0.670. The zero-order valence-corrected chi connectivity index (χ0v) is 9.91. The van der Waals surface area contributed by atoms with Crippen LogP contribution in [0.4, 0.5) is 0 Å². The van der Waals surface area contributed by atoms with Gasteiger partial charge >= 0.3 is 0 Å². The average Bonchev–Trinajstić information content (AvgIpc) is 2.62. The van der Waals surface area contributed by atoms with Crippen molar-refractivity contribution in [3.8, 4) is 5.06 Å². The molecule has 0 radical (unpaired) electrons. The second kappa shape index (κ2) is 3.83. The van der Waals surface area contributed by atoms with E-state index in [9.17, 15) is 0 Å². The smallest absolute Gasteiger partial charge is 0.174 e. The van der Waals surface area contributed by atoms with Crippen LogP contribution in [0.5, 0.6) is 5.06 Å². The number of methoxy groups -OCH3 is 1. The number of aryl methyl sites for hydroxylation is 1. The lowest BCUT2D eigenvalue weighted by Crippen LogP contribution is -1.81. The predicted octanol–water partition coefficient (Wildman–Crippen LogP) is 3.76. The summed E-state index contributed by atoms with van der Waals surface area (Å²) < 4.78 is 6.45. The molecule has 74 valence electrons. The number of fused-ring (bicyclic) bond motifs is 1. The lowest BCUT2D eigenvalue weighted by atomic mass is 10.1. The zero-order chi connectivity index (χ0) is 10.1. The molecule has 0 fully saturated rings. The monoisotopic (exact) mass is 224 g/mol. The number of rotatable bonds is 2. The van der Waals surface area contributed by atoms with Gasteiger partial charge in [0.2, 0.25) is 0 Å². The summed E-state index contributed by atoms with van der Waals surface area (Å²) in [7, 11) is 1.70. The van der Waals surface area contributed by atoms with E-state index in [0.717, 1.165) is 16.4 Å². The van der Waals surface area contributed by atoms with E-state index < -0.39 is 0 Å². The summed E-state index contributed by atoms with van der Waals surface area (Å²) in [5, 5.41) is 2.15. The van der Waals surface area contributed by atoms with Gasteiger partial charge < -0.3 is 4.74 Å². The SMILES string of the molecule is CCc1ccc2sc(OC)cc2c1S. The summed E-state index contributed by atoms with van der Waals surface area (Å²) in [5.74, 6) is 0. The Morgan fingerprint density at radius 3 is 2.86 bits per heavy atom. The van der Waals surface area contributed by atoms with E-state index in [1.54, 1.807) is 18.4 Å². The first-order valence-electron chi connectivity index (χ1n) is 4.54. The third kappa shape index (κ3) is 1.51. The molecule has 1 heterocycles. The molecule has 0 N–H and O–H groups in total. The van der Waals surface area contributed by atoms with Gasteiger partial charge in [-0.25, -0.2) is 0 Å². The van der Waals surface area contributed by atoms with Gasteiger partial charge in [-0.05, 0) is 18.1 Å². The number of thiol groups is 1. The highest BCUT2D eigenvalue weighted by atomic mass is 32.1. The van der Waals surface area contributed by atoms with E-state index in [0.29, 0.717) is 0 Å². The molecule has 0 atom stereocenters. The Balaban J connectivity index is 2.68. The van der Waals surface area contributed by atoms with E-state index in [1.165, 1.54) is 15.6 Å². The molecule has 0 saturated carbocycles. The minimum absolute atomic E-state index is 0.948. The molecular weight excluding hydrogens is 212 g/mol.